The van der Waals surface area contributed by atoms with Gasteiger partial charge in [0, 0.05) is 6.54 Å². The summed E-state index contributed by atoms with van der Waals surface area (Å²) in [5.74, 6) is -1.34. The van der Waals surface area contributed by atoms with Crippen LogP contribution in [-0.2, 0) is 30.8 Å². The third kappa shape index (κ3) is 5.82. The van der Waals surface area contributed by atoms with Gasteiger partial charge >= 0.3 is 5.97 Å². The summed E-state index contributed by atoms with van der Waals surface area (Å²) in [5.41, 5.74) is 1.14. The predicted octanol–water partition coefficient (Wildman–Crippen LogP) is 3.46. The lowest BCUT2D eigenvalue weighted by Gasteiger charge is -2.36. The molecule has 0 radical (unpaired) electrons. The van der Waals surface area contributed by atoms with E-state index in [-0.39, 0.29) is 35.0 Å². The van der Waals surface area contributed by atoms with E-state index in [1.165, 1.54) is 35.7 Å². The SMILES string of the molecule is COc1ccc(NC(=O)COC(=O)CC2c3ccccc3CCN2S(=O)(=O)c2ccccc2)c([N+](=O)[O-])c1. The molecule has 4 rings (SSSR count). The van der Waals surface area contributed by atoms with Gasteiger partial charge in [-0.3, -0.25) is 19.7 Å². The van der Waals surface area contributed by atoms with Crippen LogP contribution in [0.5, 0.6) is 5.75 Å². The number of nitro groups is 1. The number of esters is 1. The molecule has 1 heterocycles. The molecule has 0 saturated heterocycles. The van der Waals surface area contributed by atoms with Crippen molar-refractivity contribution in [1.29, 1.82) is 0 Å². The molecule has 1 aliphatic heterocycles. The van der Waals surface area contributed by atoms with Crippen molar-refractivity contribution in [3.8, 4) is 5.75 Å². The van der Waals surface area contributed by atoms with Crippen LogP contribution >= 0.6 is 0 Å². The zero-order valence-corrected chi connectivity index (χ0v) is 21.2. The minimum atomic E-state index is -3.92. The number of ether oxygens (including phenoxy) is 2. The van der Waals surface area contributed by atoms with Gasteiger partial charge in [0.2, 0.25) is 10.0 Å². The van der Waals surface area contributed by atoms with Gasteiger partial charge in [-0.1, -0.05) is 42.5 Å². The van der Waals surface area contributed by atoms with Crippen molar-refractivity contribution in [3.63, 3.8) is 0 Å². The van der Waals surface area contributed by atoms with Gasteiger partial charge in [0.25, 0.3) is 11.6 Å². The number of anilines is 1. The molecule has 38 heavy (non-hydrogen) atoms. The molecule has 1 unspecified atom stereocenters. The van der Waals surface area contributed by atoms with E-state index in [2.05, 4.69) is 5.32 Å². The fourth-order valence-electron chi connectivity index (χ4n) is 4.30. The Labute approximate surface area is 219 Å². The maximum absolute atomic E-state index is 13.4. The molecule has 1 amide bonds. The number of hydrogen-bond donors (Lipinski definition) is 1. The molecular weight excluding hydrogens is 514 g/mol. The summed E-state index contributed by atoms with van der Waals surface area (Å²) in [6.45, 7) is -0.532. The minimum absolute atomic E-state index is 0.0850. The van der Waals surface area contributed by atoms with Crippen molar-refractivity contribution in [1.82, 2.24) is 4.31 Å². The van der Waals surface area contributed by atoms with Crippen LogP contribution in [0.3, 0.4) is 0 Å². The molecule has 0 spiro atoms. The predicted molar refractivity (Wildman–Crippen MR) is 137 cm³/mol. The molecule has 0 saturated carbocycles. The van der Waals surface area contributed by atoms with Gasteiger partial charge in [-0.2, -0.15) is 4.31 Å². The Morgan fingerprint density at radius 1 is 1.08 bits per heavy atom. The van der Waals surface area contributed by atoms with Crippen molar-refractivity contribution in [2.75, 3.05) is 25.6 Å². The van der Waals surface area contributed by atoms with Gasteiger partial charge in [0.15, 0.2) is 6.61 Å². The molecule has 198 valence electrons. The average molecular weight is 540 g/mol. The smallest absolute Gasteiger partial charge is 0.308 e. The first-order valence-corrected chi connectivity index (χ1v) is 13.1. The molecule has 0 fully saturated rings. The second kappa shape index (κ2) is 11.4. The van der Waals surface area contributed by atoms with E-state index in [1.807, 2.05) is 12.1 Å². The zero-order valence-electron chi connectivity index (χ0n) is 20.4. The van der Waals surface area contributed by atoms with Crippen LogP contribution in [0.4, 0.5) is 11.4 Å². The Morgan fingerprint density at radius 3 is 2.50 bits per heavy atom. The van der Waals surface area contributed by atoms with Gasteiger partial charge in [-0.15, -0.1) is 0 Å². The third-order valence-corrected chi connectivity index (χ3v) is 8.04. The second-order valence-electron chi connectivity index (χ2n) is 8.45. The molecule has 3 aromatic carbocycles. The lowest BCUT2D eigenvalue weighted by atomic mass is 9.92. The Bertz CT molecular complexity index is 1460. The number of amides is 1. The Kier molecular flexibility index (Phi) is 8.03. The van der Waals surface area contributed by atoms with Gasteiger partial charge in [0.1, 0.15) is 11.4 Å². The summed E-state index contributed by atoms with van der Waals surface area (Å²) in [4.78, 5) is 36.0. The quantitative estimate of drug-likeness (QED) is 0.247. The number of carbonyl (C=O) groups excluding carboxylic acids is 2. The fourth-order valence-corrected chi connectivity index (χ4v) is 5.93. The van der Waals surface area contributed by atoms with E-state index < -0.39 is 39.5 Å². The van der Waals surface area contributed by atoms with Crippen molar-refractivity contribution in [2.45, 2.75) is 23.8 Å². The summed E-state index contributed by atoms with van der Waals surface area (Å²) in [6, 6.07) is 18.3. The largest absolute Gasteiger partial charge is 0.496 e. The maximum atomic E-state index is 13.4. The molecule has 1 atom stereocenters. The third-order valence-electron chi connectivity index (χ3n) is 6.11. The monoisotopic (exact) mass is 539 g/mol. The highest BCUT2D eigenvalue weighted by molar-refractivity contribution is 7.89. The summed E-state index contributed by atoms with van der Waals surface area (Å²) in [6.07, 6.45) is 0.163. The van der Waals surface area contributed by atoms with Crippen LogP contribution in [0.25, 0.3) is 0 Å². The van der Waals surface area contributed by atoms with E-state index in [0.717, 1.165) is 11.6 Å². The lowest BCUT2D eigenvalue weighted by molar-refractivity contribution is -0.384. The summed E-state index contributed by atoms with van der Waals surface area (Å²) in [5, 5.41) is 13.7. The second-order valence-corrected chi connectivity index (χ2v) is 10.3. The number of sulfonamides is 1. The number of nitrogens with zero attached hydrogens (tertiary/aromatic N) is 2. The first-order valence-electron chi connectivity index (χ1n) is 11.6. The maximum Gasteiger partial charge on any atom is 0.308 e. The van der Waals surface area contributed by atoms with Crippen molar-refractivity contribution < 1.29 is 32.4 Å². The topological polar surface area (TPSA) is 145 Å². The van der Waals surface area contributed by atoms with E-state index in [1.54, 1.807) is 30.3 Å². The first-order chi connectivity index (χ1) is 18.2. The molecule has 3 aromatic rings. The number of nitro benzene ring substituents is 1. The van der Waals surface area contributed by atoms with Crippen molar-refractivity contribution in [3.05, 3.63) is 94.0 Å². The van der Waals surface area contributed by atoms with Crippen LogP contribution in [0.15, 0.2) is 77.7 Å². The molecule has 0 aliphatic carbocycles. The molecule has 0 aromatic heterocycles. The molecule has 1 N–H and O–H groups in total. The standard InChI is InChI=1S/C26H25N3O8S/c1-36-19-11-12-22(24(15-19)29(32)33)27-25(30)17-37-26(31)16-23-21-10-6-5-7-18(21)13-14-28(23)38(34,35)20-8-3-2-4-9-20/h2-12,15,23H,13-14,16-17H2,1H3,(H,27,30). The normalized spacial score (nSPS) is 15.2. The van der Waals surface area contributed by atoms with Crippen LogP contribution in [0, 0.1) is 10.1 Å². The first kappa shape index (κ1) is 26.8. The van der Waals surface area contributed by atoms with Gasteiger partial charge in [-0.05, 0) is 41.8 Å². The molecule has 1 aliphatic rings. The minimum Gasteiger partial charge on any atom is -0.496 e. The van der Waals surface area contributed by atoms with E-state index >= 15 is 0 Å². The number of fused-ring (bicyclic) bond motifs is 1. The summed E-state index contributed by atoms with van der Waals surface area (Å²) < 4.78 is 38.3. The van der Waals surface area contributed by atoms with E-state index in [9.17, 15) is 28.1 Å². The number of carbonyl (C=O) groups is 2. The zero-order chi connectivity index (χ0) is 27.3. The van der Waals surface area contributed by atoms with E-state index in [4.69, 9.17) is 9.47 Å². The van der Waals surface area contributed by atoms with Crippen molar-refractivity contribution >= 4 is 33.3 Å². The van der Waals surface area contributed by atoms with Crippen molar-refractivity contribution in [2.24, 2.45) is 0 Å². The van der Waals surface area contributed by atoms with Gasteiger partial charge in [-0.25, -0.2) is 8.42 Å². The lowest BCUT2D eigenvalue weighted by Crippen LogP contribution is -2.41. The van der Waals surface area contributed by atoms with Crippen LogP contribution in [-0.4, -0.2) is 49.8 Å². The molecule has 12 heteroatoms. The van der Waals surface area contributed by atoms with Gasteiger partial charge < -0.3 is 14.8 Å². The van der Waals surface area contributed by atoms with Crippen LogP contribution in [0.1, 0.15) is 23.6 Å². The number of nitrogens with one attached hydrogen (secondary N) is 1. The van der Waals surface area contributed by atoms with Crippen LogP contribution < -0.4 is 10.1 Å². The highest BCUT2D eigenvalue weighted by atomic mass is 32.2. The molecular formula is C26H25N3O8S. The van der Waals surface area contributed by atoms with Crippen LogP contribution in [0.2, 0.25) is 0 Å². The Morgan fingerprint density at radius 2 is 1.79 bits per heavy atom. The molecule has 0 bridgehead atoms. The molecule has 11 nitrogen and oxygen atoms in total. The van der Waals surface area contributed by atoms with E-state index in [0.29, 0.717) is 12.0 Å². The number of benzene rings is 3. The Balaban J connectivity index is 1.48. The number of methoxy groups -OCH3 is 1. The highest BCUT2D eigenvalue weighted by Gasteiger charge is 2.37. The fraction of sp³-hybridized carbons (Fsp3) is 0.231. The highest BCUT2D eigenvalue weighted by Crippen LogP contribution is 2.36. The Hall–Kier alpha value is -4.29. The van der Waals surface area contributed by atoms with Gasteiger partial charge in [0.05, 0.1) is 35.5 Å². The number of rotatable bonds is 9. The average Bonchev–Trinajstić information content (AvgIpc) is 2.92. The summed E-state index contributed by atoms with van der Waals surface area (Å²) in [7, 11) is -2.56. The summed E-state index contributed by atoms with van der Waals surface area (Å²) >= 11 is 0. The number of hydrogen-bond acceptors (Lipinski definition) is 8.